The number of fused-ring (bicyclic) bond motifs is 2. The van der Waals surface area contributed by atoms with Gasteiger partial charge in [0.05, 0.1) is 59.0 Å². The zero-order valence-corrected chi connectivity index (χ0v) is 36.8. The quantitative estimate of drug-likeness (QED) is 0.127. The fourth-order valence-electron chi connectivity index (χ4n) is 9.82. The van der Waals surface area contributed by atoms with E-state index in [1.54, 1.807) is 6.07 Å². The number of halogens is 1. The second-order valence-corrected chi connectivity index (χ2v) is 19.1. The molecule has 3 aromatic carbocycles. The number of aromatic nitrogens is 4. The molecule has 324 valence electrons. The first-order chi connectivity index (χ1) is 29.1. The number of imidazole rings is 2. The third-order valence-corrected chi connectivity index (χ3v) is 13.0. The van der Waals surface area contributed by atoms with Gasteiger partial charge in [0.15, 0.2) is 0 Å². The molecule has 5 aromatic rings. The third kappa shape index (κ3) is 8.32. The van der Waals surface area contributed by atoms with Gasteiger partial charge >= 0.3 is 6.09 Å². The monoisotopic (exact) mass is 832 g/mol. The summed E-state index contributed by atoms with van der Waals surface area (Å²) < 4.78 is 21.4. The van der Waals surface area contributed by atoms with E-state index in [0.29, 0.717) is 30.4 Å². The molecule has 3 saturated heterocycles. The lowest BCUT2D eigenvalue weighted by atomic mass is 9.87. The summed E-state index contributed by atoms with van der Waals surface area (Å²) in [6.45, 7) is 15.6. The van der Waals surface area contributed by atoms with E-state index < -0.39 is 12.1 Å². The zero-order valence-electron chi connectivity index (χ0n) is 36.8. The number of H-pyrrole nitrogens is 2. The van der Waals surface area contributed by atoms with Gasteiger partial charge in [0, 0.05) is 19.5 Å². The second-order valence-electron chi connectivity index (χ2n) is 19.1. The van der Waals surface area contributed by atoms with Crippen LogP contribution in [0.25, 0.3) is 22.1 Å². The van der Waals surface area contributed by atoms with E-state index in [0.717, 1.165) is 89.7 Å². The van der Waals surface area contributed by atoms with Crippen LogP contribution in [0.3, 0.4) is 0 Å². The normalized spacial score (nSPS) is 21.4. The number of amides is 3. The first kappa shape index (κ1) is 42.2. The molecular formula is C48H61FN8O4. The van der Waals surface area contributed by atoms with Crippen LogP contribution in [0.2, 0.25) is 0 Å². The highest BCUT2D eigenvalue weighted by atomic mass is 19.1. The molecule has 0 unspecified atom stereocenters. The second kappa shape index (κ2) is 16.8. The van der Waals surface area contributed by atoms with Crippen molar-refractivity contribution in [1.82, 2.24) is 35.1 Å². The van der Waals surface area contributed by atoms with Crippen LogP contribution in [0.15, 0.2) is 54.6 Å². The van der Waals surface area contributed by atoms with Gasteiger partial charge in [0.1, 0.15) is 23.5 Å². The minimum Gasteiger partial charge on any atom is -0.453 e. The Hall–Kier alpha value is -5.46. The number of carbonyl (C=O) groups is 3. The molecule has 0 saturated carbocycles. The van der Waals surface area contributed by atoms with Crippen molar-refractivity contribution in [2.24, 2.45) is 11.8 Å². The number of ether oxygens (including phenoxy) is 1. The van der Waals surface area contributed by atoms with E-state index >= 15 is 4.39 Å². The summed E-state index contributed by atoms with van der Waals surface area (Å²) in [7, 11) is 1.29. The highest BCUT2D eigenvalue weighted by Crippen LogP contribution is 2.49. The van der Waals surface area contributed by atoms with Crippen LogP contribution in [-0.2, 0) is 19.7 Å². The van der Waals surface area contributed by atoms with Gasteiger partial charge in [-0.15, -0.1) is 0 Å². The fraction of sp³-hybridized carbons (Fsp3) is 0.521. The number of benzene rings is 3. The van der Waals surface area contributed by atoms with Crippen molar-refractivity contribution in [1.29, 1.82) is 0 Å². The minimum atomic E-state index is -0.720. The number of methoxy groups -OCH3 is 1. The van der Waals surface area contributed by atoms with Gasteiger partial charge < -0.3 is 34.7 Å². The van der Waals surface area contributed by atoms with Crippen molar-refractivity contribution in [2.75, 3.05) is 25.1 Å². The maximum absolute atomic E-state index is 16.6. The van der Waals surface area contributed by atoms with Gasteiger partial charge in [-0.05, 0) is 109 Å². The van der Waals surface area contributed by atoms with Crippen LogP contribution in [0, 0.1) is 17.7 Å². The minimum absolute atomic E-state index is 0.0689. The van der Waals surface area contributed by atoms with Crippen molar-refractivity contribution >= 4 is 45.7 Å². The van der Waals surface area contributed by atoms with E-state index in [4.69, 9.17) is 14.7 Å². The van der Waals surface area contributed by atoms with E-state index in [2.05, 4.69) is 85.1 Å². The summed E-state index contributed by atoms with van der Waals surface area (Å²) in [5, 5.41) is 2.73. The molecule has 3 amide bonds. The lowest BCUT2D eigenvalue weighted by Crippen LogP contribution is -2.51. The lowest BCUT2D eigenvalue weighted by Gasteiger charge is -2.34. The highest BCUT2D eigenvalue weighted by Gasteiger charge is 2.40. The van der Waals surface area contributed by atoms with Gasteiger partial charge in [0.2, 0.25) is 11.8 Å². The van der Waals surface area contributed by atoms with Crippen LogP contribution in [0.5, 0.6) is 0 Å². The third-order valence-electron chi connectivity index (χ3n) is 13.0. The van der Waals surface area contributed by atoms with Crippen LogP contribution in [0.4, 0.5) is 14.9 Å². The Morgan fingerprint density at radius 1 is 0.787 bits per heavy atom. The van der Waals surface area contributed by atoms with Crippen molar-refractivity contribution in [2.45, 2.75) is 129 Å². The van der Waals surface area contributed by atoms with Gasteiger partial charge in [-0.1, -0.05) is 66.7 Å². The number of rotatable bonds is 10. The average molecular weight is 833 g/mol. The molecule has 0 spiro atoms. The Labute approximate surface area is 358 Å². The number of hydrogen-bond donors (Lipinski definition) is 3. The zero-order chi connectivity index (χ0) is 43.3. The number of carbonyl (C=O) groups excluding carboxylic acids is 3. The van der Waals surface area contributed by atoms with E-state index in [1.807, 2.05) is 41.8 Å². The molecule has 3 N–H and O–H groups in total. The molecule has 3 aliphatic rings. The van der Waals surface area contributed by atoms with E-state index in [9.17, 15) is 14.4 Å². The van der Waals surface area contributed by atoms with E-state index in [1.165, 1.54) is 7.11 Å². The Kier molecular flexibility index (Phi) is 11.6. The van der Waals surface area contributed by atoms with Crippen molar-refractivity contribution in [3.8, 4) is 0 Å². The molecule has 61 heavy (non-hydrogen) atoms. The van der Waals surface area contributed by atoms with E-state index in [-0.39, 0.29) is 53.1 Å². The SMILES string of the molecule is COC(=O)N[C@H](C(=O)N1CCC[C@H]1c1nc2ccc([C@H]3CC[C@H](c4ccc5nc([C@@H]6CCCN6C(=O)CC(C)C)[nH]c5c4)N3c3ccc(C(C)(C)C)cc3F)cc2[nH]1)C(C)C. The number of likely N-dealkylation sites (tertiary alicyclic amines) is 2. The van der Waals surface area contributed by atoms with Crippen molar-refractivity contribution in [3.05, 3.63) is 88.8 Å². The summed E-state index contributed by atoms with van der Waals surface area (Å²) in [6.07, 6.45) is 4.90. The van der Waals surface area contributed by atoms with Gasteiger partial charge in [-0.2, -0.15) is 0 Å². The largest absolute Gasteiger partial charge is 0.453 e. The molecule has 2 aromatic heterocycles. The lowest BCUT2D eigenvalue weighted by molar-refractivity contribution is -0.135. The first-order valence-corrected chi connectivity index (χ1v) is 22.1. The Morgan fingerprint density at radius 3 is 1.85 bits per heavy atom. The maximum Gasteiger partial charge on any atom is 0.407 e. The predicted molar refractivity (Wildman–Crippen MR) is 235 cm³/mol. The Morgan fingerprint density at radius 2 is 1.34 bits per heavy atom. The molecular weight excluding hydrogens is 772 g/mol. The number of anilines is 1. The molecule has 8 rings (SSSR count). The van der Waals surface area contributed by atoms with Gasteiger partial charge in [-0.3, -0.25) is 9.59 Å². The smallest absolute Gasteiger partial charge is 0.407 e. The summed E-state index contributed by atoms with van der Waals surface area (Å²) in [5.74, 6) is 1.46. The summed E-state index contributed by atoms with van der Waals surface area (Å²) in [4.78, 5) is 62.3. The van der Waals surface area contributed by atoms with Gasteiger partial charge in [-0.25, -0.2) is 19.2 Å². The van der Waals surface area contributed by atoms with Crippen LogP contribution >= 0.6 is 0 Å². The molecule has 3 aliphatic heterocycles. The molecule has 5 heterocycles. The number of nitrogens with one attached hydrogen (secondary N) is 3. The van der Waals surface area contributed by atoms with Crippen LogP contribution < -0.4 is 10.2 Å². The Balaban J connectivity index is 1.11. The maximum atomic E-state index is 16.6. The number of nitrogens with zero attached hydrogens (tertiary/aromatic N) is 5. The molecule has 0 radical (unpaired) electrons. The molecule has 5 atom stereocenters. The van der Waals surface area contributed by atoms with Crippen LogP contribution in [-0.4, -0.2) is 73.9 Å². The highest BCUT2D eigenvalue weighted by molar-refractivity contribution is 5.87. The fourth-order valence-corrected chi connectivity index (χ4v) is 9.82. The number of hydrogen-bond acceptors (Lipinski definition) is 7. The first-order valence-electron chi connectivity index (χ1n) is 22.1. The van der Waals surface area contributed by atoms with Gasteiger partial charge in [0.25, 0.3) is 0 Å². The average Bonchev–Trinajstić information content (AvgIpc) is 4.07. The summed E-state index contributed by atoms with van der Waals surface area (Å²) in [6, 6.07) is 16.9. The molecule has 3 fully saturated rings. The van der Waals surface area contributed by atoms with Crippen molar-refractivity contribution in [3.63, 3.8) is 0 Å². The Bertz CT molecular complexity index is 2430. The molecule has 0 aliphatic carbocycles. The topological polar surface area (TPSA) is 140 Å². The molecule has 0 bridgehead atoms. The standard InChI is InChI=1S/C48H61FN8O4/c1-27(2)23-42(58)55-21-9-11-40(55)44-50-33-16-13-29(24-35(33)52-44)37-19-20-38(57(37)39-18-15-31(26-32(39)49)48(5,6)7)30-14-17-34-36(25-30)53-45(51-34)41-12-10-22-56(41)46(59)43(28(3)4)54-47(60)61-8/h13-18,24-28,37-38,40-41,43H,9-12,19-23H2,1-8H3,(H,50,52)(H,51,53)(H,54,60)/t37-,38-,40+,41+,43+/m1/s1. The number of alkyl carbamates (subject to hydrolysis) is 1. The number of aromatic amines is 2. The molecule has 12 nitrogen and oxygen atoms in total. The summed E-state index contributed by atoms with van der Waals surface area (Å²) in [5.41, 5.74) is 6.81. The summed E-state index contributed by atoms with van der Waals surface area (Å²) >= 11 is 0. The van der Waals surface area contributed by atoms with Crippen LogP contribution in [0.1, 0.15) is 146 Å². The van der Waals surface area contributed by atoms with Crippen molar-refractivity contribution < 1.29 is 23.5 Å². The predicted octanol–water partition coefficient (Wildman–Crippen LogP) is 9.71. The molecule has 13 heteroatoms.